The van der Waals surface area contributed by atoms with E-state index in [0.29, 0.717) is 42.1 Å². The third-order valence-corrected chi connectivity index (χ3v) is 8.01. The Hall–Kier alpha value is -3.52. The predicted octanol–water partition coefficient (Wildman–Crippen LogP) is 7.14. The van der Waals surface area contributed by atoms with Gasteiger partial charge in [-0.2, -0.15) is 0 Å². The van der Waals surface area contributed by atoms with Crippen molar-refractivity contribution in [3.05, 3.63) is 81.7 Å². The van der Waals surface area contributed by atoms with Crippen LogP contribution in [0.3, 0.4) is 0 Å². The Morgan fingerprint density at radius 1 is 1.05 bits per heavy atom. The number of rotatable bonds is 10. The van der Waals surface area contributed by atoms with Crippen molar-refractivity contribution >= 4 is 5.97 Å². The Morgan fingerprint density at radius 2 is 1.80 bits per heavy atom. The van der Waals surface area contributed by atoms with Crippen LogP contribution < -0.4 is 9.47 Å². The van der Waals surface area contributed by atoms with E-state index in [1.165, 1.54) is 6.07 Å². The average Bonchev–Trinajstić information content (AvgIpc) is 3.47. The molecule has 0 aliphatic heterocycles. The zero-order valence-corrected chi connectivity index (χ0v) is 22.9. The molecule has 0 bridgehead atoms. The lowest BCUT2D eigenvalue weighted by Crippen LogP contribution is -2.21. The molecule has 212 valence electrons. The highest BCUT2D eigenvalue weighted by atomic mass is 19.3. The first-order valence-corrected chi connectivity index (χ1v) is 13.4. The van der Waals surface area contributed by atoms with Gasteiger partial charge in [0.1, 0.15) is 23.9 Å². The maximum Gasteiger partial charge on any atom is 0.307 e. The molecule has 0 amide bonds. The van der Waals surface area contributed by atoms with E-state index in [-0.39, 0.29) is 35.5 Å². The Bertz CT molecular complexity index is 1460. The van der Waals surface area contributed by atoms with Crippen LogP contribution >= 0.6 is 0 Å². The molecular formula is C32H33F3O5. The molecule has 3 atom stereocenters. The molecule has 2 aliphatic rings. The molecule has 0 aromatic heterocycles. The van der Waals surface area contributed by atoms with Crippen molar-refractivity contribution < 1.29 is 37.7 Å². The Labute approximate surface area is 231 Å². The SMILES string of the molecule is Cc1cc2c(cc1OCc1cc(-c3ccc(OCCC(C)(C)O)cc3C)c(C(F)F)cc1F)C[C@H]1[C@H](C(=O)O)[C@@H]21. The number of halogens is 3. The molecule has 2 N–H and O–H groups in total. The second-order valence-electron chi connectivity index (χ2n) is 11.6. The normalized spacial score (nSPS) is 19.4. The summed E-state index contributed by atoms with van der Waals surface area (Å²) in [6.45, 7) is 7.17. The van der Waals surface area contributed by atoms with E-state index < -0.39 is 29.4 Å². The fourth-order valence-electron chi connectivity index (χ4n) is 5.80. The minimum atomic E-state index is -2.87. The minimum Gasteiger partial charge on any atom is -0.493 e. The average molecular weight is 555 g/mol. The molecule has 2 aliphatic carbocycles. The van der Waals surface area contributed by atoms with Gasteiger partial charge in [0.15, 0.2) is 0 Å². The predicted molar refractivity (Wildman–Crippen MR) is 145 cm³/mol. The number of aliphatic hydroxyl groups is 1. The molecule has 5 nitrogen and oxygen atoms in total. The highest BCUT2D eigenvalue weighted by molar-refractivity contribution is 5.78. The van der Waals surface area contributed by atoms with E-state index in [9.17, 15) is 28.2 Å². The van der Waals surface area contributed by atoms with Gasteiger partial charge in [0, 0.05) is 23.5 Å². The van der Waals surface area contributed by atoms with Crippen molar-refractivity contribution in [1.82, 2.24) is 0 Å². The van der Waals surface area contributed by atoms with Crippen LogP contribution in [-0.2, 0) is 17.8 Å². The van der Waals surface area contributed by atoms with Crippen LogP contribution in [0.25, 0.3) is 11.1 Å². The molecule has 8 heteroatoms. The summed E-state index contributed by atoms with van der Waals surface area (Å²) in [5, 5.41) is 19.2. The summed E-state index contributed by atoms with van der Waals surface area (Å²) in [5.74, 6) is -0.581. The van der Waals surface area contributed by atoms with Crippen LogP contribution in [0, 0.1) is 31.5 Å². The largest absolute Gasteiger partial charge is 0.493 e. The van der Waals surface area contributed by atoms with Gasteiger partial charge in [0.2, 0.25) is 0 Å². The summed E-state index contributed by atoms with van der Waals surface area (Å²) >= 11 is 0. The number of carboxylic acids is 1. The van der Waals surface area contributed by atoms with Crippen LogP contribution in [0.2, 0.25) is 0 Å². The van der Waals surface area contributed by atoms with Gasteiger partial charge < -0.3 is 19.7 Å². The van der Waals surface area contributed by atoms with Crippen molar-refractivity contribution in [3.63, 3.8) is 0 Å². The quantitative estimate of drug-likeness (QED) is 0.279. The lowest BCUT2D eigenvalue weighted by molar-refractivity contribution is -0.139. The lowest BCUT2D eigenvalue weighted by Gasteiger charge is -2.18. The van der Waals surface area contributed by atoms with Gasteiger partial charge in [-0.15, -0.1) is 0 Å². The standard InChI is InChI=1S/C32H33F3O5/c1-16-9-20(39-8-7-32(3,4)38)5-6-21(16)23-12-19(26(33)14-24(23)30(34)35)15-40-27-13-18-11-25-28(29(25)31(36)37)22(18)10-17(27)2/h5-6,9-10,12-14,25,28-30,38H,7-8,11,15H2,1-4H3,(H,36,37)/t25-,28+,29+/m1/s1. The summed E-state index contributed by atoms with van der Waals surface area (Å²) in [6.07, 6.45) is -1.77. The van der Waals surface area contributed by atoms with Gasteiger partial charge in [-0.25, -0.2) is 13.2 Å². The number of aliphatic carboxylic acids is 1. The van der Waals surface area contributed by atoms with Gasteiger partial charge >= 0.3 is 5.97 Å². The molecular weight excluding hydrogens is 521 g/mol. The molecule has 0 heterocycles. The van der Waals surface area contributed by atoms with E-state index in [4.69, 9.17) is 9.47 Å². The number of benzene rings is 3. The number of aryl methyl sites for hydroxylation is 2. The third-order valence-electron chi connectivity index (χ3n) is 8.01. The number of alkyl halides is 2. The monoisotopic (exact) mass is 554 g/mol. The fourth-order valence-corrected chi connectivity index (χ4v) is 5.80. The van der Waals surface area contributed by atoms with Crippen molar-refractivity contribution in [2.24, 2.45) is 11.8 Å². The Kier molecular flexibility index (Phi) is 7.33. The number of ether oxygens (including phenoxy) is 2. The van der Waals surface area contributed by atoms with Crippen molar-refractivity contribution in [2.45, 2.75) is 65.1 Å². The molecule has 40 heavy (non-hydrogen) atoms. The van der Waals surface area contributed by atoms with E-state index in [1.807, 2.05) is 19.1 Å². The number of hydrogen-bond acceptors (Lipinski definition) is 4. The maximum atomic E-state index is 15.0. The molecule has 0 radical (unpaired) electrons. The van der Waals surface area contributed by atoms with Crippen LogP contribution in [0.15, 0.2) is 42.5 Å². The Morgan fingerprint density at radius 3 is 2.45 bits per heavy atom. The summed E-state index contributed by atoms with van der Waals surface area (Å²) < 4.78 is 54.6. The van der Waals surface area contributed by atoms with Gasteiger partial charge in [-0.1, -0.05) is 12.1 Å². The fraction of sp³-hybridized carbons (Fsp3) is 0.406. The first kappa shape index (κ1) is 28.0. The van der Waals surface area contributed by atoms with E-state index in [1.54, 1.807) is 39.0 Å². The second kappa shape index (κ2) is 10.5. The first-order valence-electron chi connectivity index (χ1n) is 13.4. The van der Waals surface area contributed by atoms with Crippen molar-refractivity contribution in [1.29, 1.82) is 0 Å². The van der Waals surface area contributed by atoms with Crippen LogP contribution in [0.5, 0.6) is 11.5 Å². The third kappa shape index (κ3) is 5.55. The zero-order chi connectivity index (χ0) is 28.9. The van der Waals surface area contributed by atoms with Crippen LogP contribution in [0.4, 0.5) is 13.2 Å². The summed E-state index contributed by atoms with van der Waals surface area (Å²) in [4.78, 5) is 11.4. The minimum absolute atomic E-state index is 0.0451. The smallest absolute Gasteiger partial charge is 0.307 e. The highest BCUT2D eigenvalue weighted by Crippen LogP contribution is 2.62. The van der Waals surface area contributed by atoms with Crippen LogP contribution in [0.1, 0.15) is 66.0 Å². The van der Waals surface area contributed by atoms with E-state index in [0.717, 1.165) is 22.8 Å². The maximum absolute atomic E-state index is 15.0. The number of carboxylic acid groups (broad SMARTS) is 1. The first-order chi connectivity index (χ1) is 18.8. The second-order valence-corrected chi connectivity index (χ2v) is 11.6. The number of carbonyl (C=O) groups is 1. The van der Waals surface area contributed by atoms with Crippen molar-refractivity contribution in [2.75, 3.05) is 6.61 Å². The molecule has 3 aromatic rings. The number of hydrogen-bond donors (Lipinski definition) is 2. The summed E-state index contributed by atoms with van der Waals surface area (Å²) in [6, 6.07) is 11.2. The van der Waals surface area contributed by atoms with Gasteiger partial charge in [-0.3, -0.25) is 4.79 Å². The topological polar surface area (TPSA) is 76.0 Å². The molecule has 3 aromatic carbocycles. The molecule has 1 saturated carbocycles. The number of fused-ring (bicyclic) bond motifs is 3. The van der Waals surface area contributed by atoms with E-state index in [2.05, 4.69) is 0 Å². The highest BCUT2D eigenvalue weighted by Gasteiger charge is 2.59. The molecule has 5 rings (SSSR count). The van der Waals surface area contributed by atoms with Gasteiger partial charge in [0.25, 0.3) is 6.43 Å². The lowest BCUT2D eigenvalue weighted by atomic mass is 9.94. The Balaban J connectivity index is 1.37. The molecule has 0 unspecified atom stereocenters. The van der Waals surface area contributed by atoms with Crippen molar-refractivity contribution in [3.8, 4) is 22.6 Å². The molecule has 0 spiro atoms. The summed E-state index contributed by atoms with van der Waals surface area (Å²) in [7, 11) is 0. The zero-order valence-electron chi connectivity index (χ0n) is 22.9. The molecule has 1 fully saturated rings. The van der Waals surface area contributed by atoms with E-state index >= 15 is 0 Å². The summed E-state index contributed by atoms with van der Waals surface area (Å²) in [5.41, 5.74) is 3.23. The van der Waals surface area contributed by atoms with Gasteiger partial charge in [-0.05, 0) is 104 Å². The van der Waals surface area contributed by atoms with Crippen LogP contribution in [-0.4, -0.2) is 28.4 Å². The van der Waals surface area contributed by atoms with Gasteiger partial charge in [0.05, 0.1) is 18.1 Å². The molecule has 0 saturated heterocycles.